The monoisotopic (exact) mass is 220 g/mol. The minimum atomic E-state index is -0.754. The zero-order chi connectivity index (χ0) is 11.5. The summed E-state index contributed by atoms with van der Waals surface area (Å²) in [5.74, 6) is -1.02. The summed E-state index contributed by atoms with van der Waals surface area (Å²) in [5.41, 5.74) is 0.0416. The Morgan fingerprint density at radius 2 is 1.81 bits per heavy atom. The van der Waals surface area contributed by atoms with Gasteiger partial charge < -0.3 is 0 Å². The number of amides is 4. The molecule has 0 aromatic heterocycles. The maximum absolute atomic E-state index is 11.4. The minimum absolute atomic E-state index is 0.0416. The molecule has 1 heterocycles. The van der Waals surface area contributed by atoms with Crippen molar-refractivity contribution in [2.45, 2.75) is 19.3 Å². The van der Waals surface area contributed by atoms with Crippen LogP contribution in [0.4, 0.5) is 4.79 Å². The van der Waals surface area contributed by atoms with Crippen LogP contribution in [-0.2, 0) is 9.59 Å². The number of carbonyl (C=O) groups excluding carboxylic acids is 3. The maximum atomic E-state index is 11.4. The molecule has 2 rings (SSSR count). The van der Waals surface area contributed by atoms with E-state index >= 15 is 0 Å². The molecule has 5 nitrogen and oxygen atoms in total. The zero-order valence-electron chi connectivity index (χ0n) is 8.66. The van der Waals surface area contributed by atoms with Crippen molar-refractivity contribution in [3.8, 4) is 0 Å². The van der Waals surface area contributed by atoms with Gasteiger partial charge in [-0.1, -0.05) is 18.2 Å². The van der Waals surface area contributed by atoms with Crippen molar-refractivity contribution in [1.82, 2.24) is 10.6 Å². The van der Waals surface area contributed by atoms with Gasteiger partial charge in [0.25, 0.3) is 11.8 Å². The number of barbiturate groups is 1. The average molecular weight is 220 g/mol. The number of allylic oxidation sites excluding steroid dienone is 3. The fourth-order valence-corrected chi connectivity index (χ4v) is 1.83. The number of nitrogens with one attached hydrogen (secondary N) is 2. The predicted octanol–water partition coefficient (Wildman–Crippen LogP) is 0.635. The van der Waals surface area contributed by atoms with Crippen molar-refractivity contribution in [1.29, 1.82) is 0 Å². The van der Waals surface area contributed by atoms with Crippen molar-refractivity contribution >= 4 is 17.8 Å². The van der Waals surface area contributed by atoms with Gasteiger partial charge >= 0.3 is 6.03 Å². The third-order valence-corrected chi connectivity index (χ3v) is 2.66. The van der Waals surface area contributed by atoms with Crippen LogP contribution in [0.25, 0.3) is 0 Å². The van der Waals surface area contributed by atoms with E-state index in [9.17, 15) is 14.4 Å². The number of rotatable bonds is 1. The smallest absolute Gasteiger partial charge is 0.273 e. The van der Waals surface area contributed by atoms with Crippen molar-refractivity contribution in [3.63, 3.8) is 0 Å². The van der Waals surface area contributed by atoms with Crippen LogP contribution in [0.3, 0.4) is 0 Å². The van der Waals surface area contributed by atoms with E-state index < -0.39 is 17.8 Å². The van der Waals surface area contributed by atoms with E-state index in [1.54, 1.807) is 6.08 Å². The van der Waals surface area contributed by atoms with E-state index in [1.807, 2.05) is 6.08 Å². The summed E-state index contributed by atoms with van der Waals surface area (Å²) in [6, 6.07) is -0.754. The van der Waals surface area contributed by atoms with Gasteiger partial charge in [-0.05, 0) is 25.2 Å². The van der Waals surface area contributed by atoms with E-state index in [0.29, 0.717) is 0 Å². The summed E-state index contributed by atoms with van der Waals surface area (Å²) in [6.45, 7) is 0. The lowest BCUT2D eigenvalue weighted by Crippen LogP contribution is -2.51. The molecule has 0 aromatic carbocycles. The molecule has 4 amide bonds. The van der Waals surface area contributed by atoms with Crippen LogP contribution >= 0.6 is 0 Å². The first-order chi connectivity index (χ1) is 7.66. The van der Waals surface area contributed by atoms with Gasteiger partial charge in [0.1, 0.15) is 5.57 Å². The molecule has 16 heavy (non-hydrogen) atoms. The van der Waals surface area contributed by atoms with Gasteiger partial charge in [0, 0.05) is 0 Å². The Morgan fingerprint density at radius 3 is 2.38 bits per heavy atom. The van der Waals surface area contributed by atoms with Crippen LogP contribution in [-0.4, -0.2) is 17.8 Å². The molecular formula is C11H12N2O3. The van der Waals surface area contributed by atoms with E-state index in [-0.39, 0.29) is 11.5 Å². The quantitative estimate of drug-likeness (QED) is 0.386. The van der Waals surface area contributed by atoms with Gasteiger partial charge in [0.15, 0.2) is 0 Å². The molecule has 0 bridgehead atoms. The number of hydrogen-bond donors (Lipinski definition) is 2. The van der Waals surface area contributed by atoms with Crippen LogP contribution in [0.5, 0.6) is 0 Å². The first kappa shape index (κ1) is 10.6. The van der Waals surface area contributed by atoms with Gasteiger partial charge in [0.2, 0.25) is 0 Å². The van der Waals surface area contributed by atoms with E-state index in [2.05, 4.69) is 16.7 Å². The van der Waals surface area contributed by atoms with Gasteiger partial charge in [-0.15, -0.1) is 0 Å². The lowest BCUT2D eigenvalue weighted by atomic mass is 9.92. The Labute approximate surface area is 92.6 Å². The summed E-state index contributed by atoms with van der Waals surface area (Å²) < 4.78 is 0. The predicted molar refractivity (Wildman–Crippen MR) is 56.2 cm³/mol. The third kappa shape index (κ3) is 2.18. The standard InChI is InChI=1S/C11H12N2O3/c14-9-8(10(15)13-11(16)12-9)6-7-4-2-1-3-5-7/h1-2,6-7H,3-5H2,(H2,12,13,14,15,16). The molecule has 0 radical (unpaired) electrons. The van der Waals surface area contributed by atoms with Crippen LogP contribution in [0.15, 0.2) is 23.8 Å². The highest BCUT2D eigenvalue weighted by atomic mass is 16.2. The molecule has 2 N–H and O–H groups in total. The third-order valence-electron chi connectivity index (χ3n) is 2.66. The molecule has 2 aliphatic rings. The summed E-state index contributed by atoms with van der Waals surface area (Å²) in [6.07, 6.45) is 8.48. The molecule has 1 saturated heterocycles. The van der Waals surface area contributed by atoms with Crippen LogP contribution in [0, 0.1) is 5.92 Å². The molecule has 84 valence electrons. The number of hydrogen-bond acceptors (Lipinski definition) is 3. The molecular weight excluding hydrogens is 208 g/mol. The first-order valence-corrected chi connectivity index (χ1v) is 5.20. The number of imide groups is 2. The molecule has 1 atom stereocenters. The van der Waals surface area contributed by atoms with Crippen molar-refractivity contribution in [2.75, 3.05) is 0 Å². The molecule has 1 fully saturated rings. The van der Waals surface area contributed by atoms with Crippen LogP contribution in [0.2, 0.25) is 0 Å². The second-order valence-electron chi connectivity index (χ2n) is 3.86. The van der Waals surface area contributed by atoms with Gasteiger partial charge in [-0.25, -0.2) is 4.79 Å². The van der Waals surface area contributed by atoms with Crippen molar-refractivity contribution in [3.05, 3.63) is 23.8 Å². The van der Waals surface area contributed by atoms with Crippen LogP contribution in [0.1, 0.15) is 19.3 Å². The largest absolute Gasteiger partial charge is 0.328 e. The molecule has 1 unspecified atom stereocenters. The SMILES string of the molecule is O=C1NC(=O)C(=CC2CC=CCC2)C(=O)N1. The van der Waals surface area contributed by atoms with E-state index in [1.165, 1.54) is 0 Å². The summed E-state index contributed by atoms with van der Waals surface area (Å²) >= 11 is 0. The highest BCUT2D eigenvalue weighted by Gasteiger charge is 2.28. The van der Waals surface area contributed by atoms with Crippen LogP contribution < -0.4 is 10.6 Å². The maximum Gasteiger partial charge on any atom is 0.328 e. The fourth-order valence-electron chi connectivity index (χ4n) is 1.83. The Morgan fingerprint density at radius 1 is 1.12 bits per heavy atom. The highest BCUT2D eigenvalue weighted by Crippen LogP contribution is 2.21. The second kappa shape index (κ2) is 4.30. The van der Waals surface area contributed by atoms with E-state index in [4.69, 9.17) is 0 Å². The lowest BCUT2D eigenvalue weighted by molar-refractivity contribution is -0.124. The molecule has 0 aromatic rings. The Kier molecular flexibility index (Phi) is 2.85. The van der Waals surface area contributed by atoms with Gasteiger partial charge in [-0.2, -0.15) is 0 Å². The summed E-state index contributed by atoms with van der Waals surface area (Å²) in [7, 11) is 0. The second-order valence-corrected chi connectivity index (χ2v) is 3.86. The van der Waals surface area contributed by atoms with Crippen molar-refractivity contribution in [2.24, 2.45) is 5.92 Å². The van der Waals surface area contributed by atoms with E-state index in [0.717, 1.165) is 19.3 Å². The molecule has 1 aliphatic carbocycles. The van der Waals surface area contributed by atoms with Gasteiger partial charge in [-0.3, -0.25) is 20.2 Å². The number of urea groups is 1. The average Bonchev–Trinajstić information content (AvgIpc) is 2.25. The van der Waals surface area contributed by atoms with Gasteiger partial charge in [0.05, 0.1) is 0 Å². The molecule has 1 aliphatic heterocycles. The molecule has 0 saturated carbocycles. The molecule has 0 spiro atoms. The lowest BCUT2D eigenvalue weighted by Gasteiger charge is -2.18. The zero-order valence-corrected chi connectivity index (χ0v) is 8.66. The number of carbonyl (C=O) groups is 3. The Bertz CT molecular complexity index is 387. The molecule has 5 heteroatoms. The fraction of sp³-hybridized carbons (Fsp3) is 0.364. The Hall–Kier alpha value is -1.91. The van der Waals surface area contributed by atoms with Crippen molar-refractivity contribution < 1.29 is 14.4 Å². The topological polar surface area (TPSA) is 75.3 Å². The highest BCUT2D eigenvalue weighted by molar-refractivity contribution is 6.28. The Balaban J connectivity index is 2.15. The normalized spacial score (nSPS) is 25.1. The summed E-state index contributed by atoms with van der Waals surface area (Å²) in [5, 5.41) is 4.11. The minimum Gasteiger partial charge on any atom is -0.273 e. The summed E-state index contributed by atoms with van der Waals surface area (Å²) in [4.78, 5) is 33.6. The first-order valence-electron chi connectivity index (χ1n) is 5.20.